The number of primary amides is 1. The minimum Gasteiger partial charge on any atom is -0.480 e. The molecule has 11 N–H and O–H groups in total. The van der Waals surface area contributed by atoms with Gasteiger partial charge in [-0.05, 0) is 32.7 Å². The lowest BCUT2D eigenvalue weighted by Gasteiger charge is -2.24. The molecule has 0 aromatic carbocycles. The monoisotopic (exact) mass is 464 g/mol. The zero-order valence-corrected chi connectivity index (χ0v) is 18.1. The van der Waals surface area contributed by atoms with Crippen LogP contribution in [0.1, 0.15) is 32.6 Å². The molecule has 0 bridgehead atoms. The topological polar surface area (TPSA) is 240 Å². The lowest BCUT2D eigenvalue weighted by atomic mass is 10.1. The molecular formula is C17H32N6O7S. The number of carboxylic acids is 1. The standard InChI is InChI=1S/C17H32N6O7S/c1-8(24)13(20)16(28)21-9(4-2-3-5-18)14(26)23-11(7-31)15(27)22-10(17(29)30)6-12(19)25/h8-11,13,24,31H,2-7,18,20H2,1H3,(H2,19,25)(H,21,28)(H,22,27)(H,23,26)(H,29,30). The zero-order chi connectivity index (χ0) is 24.1. The Bertz CT molecular complexity index is 648. The molecule has 13 nitrogen and oxygen atoms in total. The molecule has 4 amide bonds. The van der Waals surface area contributed by atoms with E-state index >= 15 is 0 Å². The van der Waals surface area contributed by atoms with E-state index in [0.29, 0.717) is 19.4 Å². The molecule has 31 heavy (non-hydrogen) atoms. The smallest absolute Gasteiger partial charge is 0.326 e. The predicted molar refractivity (Wildman–Crippen MR) is 114 cm³/mol. The minimum absolute atomic E-state index is 0.182. The number of unbranched alkanes of at least 4 members (excludes halogenated alkanes) is 1. The Hall–Kier alpha value is -2.42. The van der Waals surface area contributed by atoms with Crippen molar-refractivity contribution in [2.45, 2.75) is 62.9 Å². The highest BCUT2D eigenvalue weighted by atomic mass is 32.1. The van der Waals surface area contributed by atoms with E-state index in [0.717, 1.165) is 0 Å². The number of thiol groups is 1. The maximum absolute atomic E-state index is 12.7. The summed E-state index contributed by atoms with van der Waals surface area (Å²) in [5, 5.41) is 25.5. The fraction of sp³-hybridized carbons (Fsp3) is 0.706. The highest BCUT2D eigenvalue weighted by molar-refractivity contribution is 7.80. The van der Waals surface area contributed by atoms with E-state index in [4.69, 9.17) is 22.3 Å². The number of amides is 4. The number of hydrogen-bond acceptors (Lipinski definition) is 9. The second-order valence-electron chi connectivity index (χ2n) is 6.93. The van der Waals surface area contributed by atoms with Gasteiger partial charge in [-0.2, -0.15) is 12.6 Å². The van der Waals surface area contributed by atoms with Crippen LogP contribution in [0, 0.1) is 0 Å². The third-order valence-electron chi connectivity index (χ3n) is 4.24. The highest BCUT2D eigenvalue weighted by Crippen LogP contribution is 2.04. The third kappa shape index (κ3) is 11.0. The number of carboxylic acid groups (broad SMARTS) is 1. The number of aliphatic hydroxyl groups excluding tert-OH is 1. The second-order valence-corrected chi connectivity index (χ2v) is 7.29. The highest BCUT2D eigenvalue weighted by Gasteiger charge is 2.30. The van der Waals surface area contributed by atoms with Crippen molar-refractivity contribution in [1.29, 1.82) is 0 Å². The maximum Gasteiger partial charge on any atom is 0.326 e. The van der Waals surface area contributed by atoms with Gasteiger partial charge >= 0.3 is 5.97 Å². The van der Waals surface area contributed by atoms with Crippen molar-refractivity contribution in [1.82, 2.24) is 16.0 Å². The van der Waals surface area contributed by atoms with E-state index in [1.807, 2.05) is 0 Å². The first-order chi connectivity index (χ1) is 14.4. The van der Waals surface area contributed by atoms with Gasteiger partial charge in [-0.3, -0.25) is 19.2 Å². The van der Waals surface area contributed by atoms with Gasteiger partial charge in [0.05, 0.1) is 12.5 Å². The van der Waals surface area contributed by atoms with Gasteiger partial charge in [0.15, 0.2) is 0 Å². The normalized spacial score (nSPS) is 15.6. The molecule has 0 spiro atoms. The molecule has 0 aromatic rings. The molecule has 0 saturated heterocycles. The molecule has 0 aromatic heterocycles. The van der Waals surface area contributed by atoms with Gasteiger partial charge in [0.25, 0.3) is 0 Å². The van der Waals surface area contributed by atoms with E-state index in [-0.39, 0.29) is 12.2 Å². The van der Waals surface area contributed by atoms with E-state index in [1.54, 1.807) is 0 Å². The van der Waals surface area contributed by atoms with Crippen LogP contribution in [-0.4, -0.2) is 82.4 Å². The molecule has 0 fully saturated rings. The molecule has 0 heterocycles. The summed E-state index contributed by atoms with van der Waals surface area (Å²) in [4.78, 5) is 59.3. The Balaban J connectivity index is 5.25. The summed E-state index contributed by atoms with van der Waals surface area (Å²) >= 11 is 3.99. The number of aliphatic hydroxyl groups is 1. The average molecular weight is 465 g/mol. The van der Waals surface area contributed by atoms with Gasteiger partial charge in [-0.15, -0.1) is 0 Å². The predicted octanol–water partition coefficient (Wildman–Crippen LogP) is -3.83. The quantitative estimate of drug-likeness (QED) is 0.0850. The Labute approximate surface area is 185 Å². The fourth-order valence-electron chi connectivity index (χ4n) is 2.39. The van der Waals surface area contributed by atoms with Gasteiger partial charge in [-0.25, -0.2) is 4.79 Å². The minimum atomic E-state index is -1.58. The first-order valence-corrected chi connectivity index (χ1v) is 10.2. The molecule has 0 saturated carbocycles. The Morgan fingerprint density at radius 2 is 1.45 bits per heavy atom. The van der Waals surface area contributed by atoms with Crippen LogP contribution < -0.4 is 33.2 Å². The van der Waals surface area contributed by atoms with Gasteiger partial charge in [0.1, 0.15) is 24.2 Å². The number of carbonyl (C=O) groups is 5. The van der Waals surface area contributed by atoms with Crippen LogP contribution in [0.5, 0.6) is 0 Å². The van der Waals surface area contributed by atoms with Crippen LogP contribution in [0.15, 0.2) is 0 Å². The second kappa shape index (κ2) is 14.6. The van der Waals surface area contributed by atoms with Gasteiger partial charge < -0.3 is 43.4 Å². The molecule has 0 radical (unpaired) electrons. The third-order valence-corrected chi connectivity index (χ3v) is 4.60. The molecular weight excluding hydrogens is 432 g/mol. The van der Waals surface area contributed by atoms with Crippen molar-refractivity contribution < 1.29 is 34.2 Å². The summed E-state index contributed by atoms with van der Waals surface area (Å²) < 4.78 is 0. The number of nitrogens with two attached hydrogens (primary N) is 3. The number of hydrogen-bond donors (Lipinski definition) is 9. The van der Waals surface area contributed by atoms with Crippen LogP contribution in [0.2, 0.25) is 0 Å². The number of nitrogens with one attached hydrogen (secondary N) is 3. The average Bonchev–Trinajstić information content (AvgIpc) is 2.69. The van der Waals surface area contributed by atoms with Crippen LogP contribution in [0.25, 0.3) is 0 Å². The Kier molecular flexibility index (Phi) is 13.4. The molecule has 0 aliphatic carbocycles. The van der Waals surface area contributed by atoms with Gasteiger partial charge in [0, 0.05) is 5.75 Å². The summed E-state index contributed by atoms with van der Waals surface area (Å²) in [6, 6.07) is -5.18. The summed E-state index contributed by atoms with van der Waals surface area (Å²) in [6.45, 7) is 1.69. The molecule has 0 aliphatic heterocycles. The SMILES string of the molecule is CC(O)C(N)C(=O)NC(CCCCN)C(=O)NC(CS)C(=O)NC(CC(N)=O)C(=O)O. The Morgan fingerprint density at radius 1 is 0.935 bits per heavy atom. The molecule has 5 atom stereocenters. The first-order valence-electron chi connectivity index (χ1n) is 9.61. The van der Waals surface area contributed by atoms with Crippen LogP contribution in [0.4, 0.5) is 0 Å². The van der Waals surface area contributed by atoms with Crippen LogP contribution in [-0.2, 0) is 24.0 Å². The van der Waals surface area contributed by atoms with Crippen LogP contribution >= 0.6 is 12.6 Å². The van der Waals surface area contributed by atoms with Crippen molar-refractivity contribution in [2.24, 2.45) is 17.2 Å². The largest absolute Gasteiger partial charge is 0.480 e. The summed E-state index contributed by atoms with van der Waals surface area (Å²) in [5.41, 5.74) is 16.0. The summed E-state index contributed by atoms with van der Waals surface area (Å²) in [7, 11) is 0. The lowest BCUT2D eigenvalue weighted by molar-refractivity contribution is -0.143. The lowest BCUT2D eigenvalue weighted by Crippen LogP contribution is -2.58. The van der Waals surface area contributed by atoms with E-state index in [1.165, 1.54) is 6.92 Å². The zero-order valence-electron chi connectivity index (χ0n) is 17.2. The number of rotatable bonds is 15. The summed E-state index contributed by atoms with van der Waals surface area (Å²) in [5.74, 6) is -5.00. The van der Waals surface area contributed by atoms with Crippen molar-refractivity contribution in [3.05, 3.63) is 0 Å². The maximum atomic E-state index is 12.7. The van der Waals surface area contributed by atoms with E-state index in [9.17, 15) is 29.1 Å². The van der Waals surface area contributed by atoms with E-state index < -0.39 is 66.3 Å². The Morgan fingerprint density at radius 3 is 1.90 bits per heavy atom. The van der Waals surface area contributed by atoms with E-state index in [2.05, 4.69) is 28.6 Å². The molecule has 5 unspecified atom stereocenters. The van der Waals surface area contributed by atoms with Crippen molar-refractivity contribution in [3.63, 3.8) is 0 Å². The molecule has 178 valence electrons. The molecule has 14 heteroatoms. The number of carbonyl (C=O) groups excluding carboxylic acids is 4. The van der Waals surface area contributed by atoms with Crippen molar-refractivity contribution in [2.75, 3.05) is 12.3 Å². The van der Waals surface area contributed by atoms with Crippen LogP contribution in [0.3, 0.4) is 0 Å². The van der Waals surface area contributed by atoms with Gasteiger partial charge in [-0.1, -0.05) is 0 Å². The van der Waals surface area contributed by atoms with Crippen molar-refractivity contribution >= 4 is 42.2 Å². The number of aliphatic carboxylic acids is 1. The van der Waals surface area contributed by atoms with Crippen molar-refractivity contribution in [3.8, 4) is 0 Å². The summed E-state index contributed by atoms with van der Waals surface area (Å²) in [6.07, 6.45) is -0.547. The fourth-order valence-corrected chi connectivity index (χ4v) is 2.65. The molecule has 0 rings (SSSR count). The molecule has 0 aliphatic rings. The first kappa shape index (κ1) is 28.6. The van der Waals surface area contributed by atoms with Gasteiger partial charge in [0.2, 0.25) is 23.6 Å².